The molecule has 3 fully saturated rings. The van der Waals surface area contributed by atoms with Crippen LogP contribution >= 0.6 is 0 Å². The Hall–Kier alpha value is -1.58. The molecule has 4 heteroatoms. The van der Waals surface area contributed by atoms with Crippen LogP contribution in [0.5, 0.6) is 0 Å². The molecule has 2 unspecified atom stereocenters. The molecule has 0 N–H and O–H groups in total. The second-order valence-electron chi connectivity index (χ2n) is 7.50. The van der Waals surface area contributed by atoms with Crippen LogP contribution in [0.1, 0.15) is 38.5 Å². The van der Waals surface area contributed by atoms with Crippen LogP contribution in [0.15, 0.2) is 24.4 Å². The Balaban J connectivity index is 1.33. The van der Waals surface area contributed by atoms with Crippen LogP contribution in [0.25, 0.3) is 0 Å². The van der Waals surface area contributed by atoms with Crippen LogP contribution in [0, 0.1) is 17.8 Å². The molecular weight excluding hydrogens is 286 g/mol. The van der Waals surface area contributed by atoms with E-state index in [2.05, 4.69) is 20.9 Å². The summed E-state index contributed by atoms with van der Waals surface area (Å²) in [4.78, 5) is 21.8. The highest BCUT2D eigenvalue weighted by Gasteiger charge is 2.39. The molecule has 4 rings (SSSR count). The number of carbonyl (C=O) groups excluding carboxylic acids is 1. The summed E-state index contributed by atoms with van der Waals surface area (Å²) in [5.41, 5.74) is 0. The zero-order valence-corrected chi connectivity index (χ0v) is 13.9. The normalized spacial score (nSPS) is 28.7. The molecule has 124 valence electrons. The van der Waals surface area contributed by atoms with Crippen molar-refractivity contribution < 1.29 is 4.79 Å². The molecule has 1 aromatic rings. The monoisotopic (exact) mass is 313 g/mol. The smallest absolute Gasteiger partial charge is 0.225 e. The van der Waals surface area contributed by atoms with Crippen LogP contribution in [0.2, 0.25) is 0 Å². The molecule has 1 aliphatic carbocycles. The van der Waals surface area contributed by atoms with Crippen molar-refractivity contribution >= 4 is 11.7 Å². The Morgan fingerprint density at radius 1 is 1.00 bits per heavy atom. The van der Waals surface area contributed by atoms with E-state index in [1.54, 1.807) is 0 Å². The molecule has 0 spiro atoms. The van der Waals surface area contributed by atoms with Gasteiger partial charge in [0.15, 0.2) is 0 Å². The van der Waals surface area contributed by atoms with Gasteiger partial charge in [-0.25, -0.2) is 4.98 Å². The fraction of sp³-hybridized carbons (Fsp3) is 0.684. The Morgan fingerprint density at radius 3 is 2.30 bits per heavy atom. The number of piperidine rings is 1. The number of fused-ring (bicyclic) bond motifs is 1. The van der Waals surface area contributed by atoms with Crippen LogP contribution in [-0.4, -0.2) is 42.0 Å². The molecule has 1 aromatic heterocycles. The molecule has 0 aromatic carbocycles. The lowest BCUT2D eigenvalue weighted by Gasteiger charge is -2.33. The van der Waals surface area contributed by atoms with E-state index >= 15 is 0 Å². The van der Waals surface area contributed by atoms with Gasteiger partial charge in [-0.05, 0) is 49.7 Å². The predicted octanol–water partition coefficient (Wildman–Crippen LogP) is 2.95. The van der Waals surface area contributed by atoms with Crippen LogP contribution in [-0.2, 0) is 4.79 Å². The number of nitrogens with zero attached hydrogens (tertiary/aromatic N) is 3. The molecule has 4 nitrogen and oxygen atoms in total. The Bertz CT molecular complexity index is 525. The van der Waals surface area contributed by atoms with E-state index in [9.17, 15) is 4.79 Å². The summed E-state index contributed by atoms with van der Waals surface area (Å²) >= 11 is 0. The third kappa shape index (κ3) is 3.08. The van der Waals surface area contributed by atoms with Gasteiger partial charge in [-0.3, -0.25) is 4.79 Å². The molecule has 23 heavy (non-hydrogen) atoms. The summed E-state index contributed by atoms with van der Waals surface area (Å²) < 4.78 is 0. The molecular formula is C19H27N3O. The second kappa shape index (κ2) is 6.50. The molecule has 3 heterocycles. The van der Waals surface area contributed by atoms with Crippen LogP contribution in [0.3, 0.4) is 0 Å². The first-order valence-corrected chi connectivity index (χ1v) is 9.26. The molecule has 1 saturated carbocycles. The van der Waals surface area contributed by atoms with Gasteiger partial charge in [-0.15, -0.1) is 0 Å². The SMILES string of the molecule is O=C(C1CCN(c2ccccn2)CC1)N1CC2CCCCC2C1. The van der Waals surface area contributed by atoms with Gasteiger partial charge >= 0.3 is 0 Å². The maximum Gasteiger partial charge on any atom is 0.225 e. The van der Waals surface area contributed by atoms with Gasteiger partial charge < -0.3 is 9.80 Å². The van der Waals surface area contributed by atoms with Gasteiger partial charge in [0.25, 0.3) is 0 Å². The number of anilines is 1. The fourth-order valence-electron chi connectivity index (χ4n) is 4.74. The fourth-order valence-corrected chi connectivity index (χ4v) is 4.74. The Morgan fingerprint density at radius 2 is 1.70 bits per heavy atom. The second-order valence-corrected chi connectivity index (χ2v) is 7.50. The number of carbonyl (C=O) groups is 1. The highest BCUT2D eigenvalue weighted by atomic mass is 16.2. The zero-order valence-electron chi connectivity index (χ0n) is 13.9. The van der Waals surface area contributed by atoms with E-state index in [0.29, 0.717) is 5.91 Å². The first kappa shape index (κ1) is 15.0. The van der Waals surface area contributed by atoms with Gasteiger partial charge in [0.2, 0.25) is 5.91 Å². The van der Waals surface area contributed by atoms with E-state index in [-0.39, 0.29) is 5.92 Å². The van der Waals surface area contributed by atoms with E-state index in [1.165, 1.54) is 25.7 Å². The number of aromatic nitrogens is 1. The largest absolute Gasteiger partial charge is 0.357 e. The quantitative estimate of drug-likeness (QED) is 0.842. The zero-order chi connectivity index (χ0) is 15.6. The molecule has 2 atom stereocenters. The maximum absolute atomic E-state index is 12.9. The van der Waals surface area contributed by atoms with E-state index in [4.69, 9.17) is 0 Å². The number of hydrogen-bond acceptors (Lipinski definition) is 3. The van der Waals surface area contributed by atoms with Gasteiger partial charge in [0.1, 0.15) is 5.82 Å². The molecule has 3 aliphatic rings. The minimum atomic E-state index is 0.232. The number of likely N-dealkylation sites (tertiary alicyclic amines) is 1. The lowest BCUT2D eigenvalue weighted by Crippen LogP contribution is -2.42. The van der Waals surface area contributed by atoms with E-state index in [1.807, 2.05) is 18.3 Å². The standard InChI is InChI=1S/C19H27N3O/c23-19(22-13-16-5-1-2-6-17(16)14-22)15-8-11-21(12-9-15)18-7-3-4-10-20-18/h3-4,7,10,15-17H,1-2,5-6,8-9,11-14H2. The van der Waals surface area contributed by atoms with Gasteiger partial charge in [-0.1, -0.05) is 18.9 Å². The average molecular weight is 313 g/mol. The highest BCUT2D eigenvalue weighted by Crippen LogP contribution is 2.37. The average Bonchev–Trinajstić information content (AvgIpc) is 3.06. The first-order chi connectivity index (χ1) is 11.3. The molecule has 0 radical (unpaired) electrons. The number of pyridine rings is 1. The van der Waals surface area contributed by atoms with Crippen molar-refractivity contribution in [3.63, 3.8) is 0 Å². The van der Waals surface area contributed by atoms with E-state index < -0.39 is 0 Å². The van der Waals surface area contributed by atoms with E-state index in [0.717, 1.165) is 56.7 Å². The van der Waals surface area contributed by atoms with Gasteiger partial charge in [-0.2, -0.15) is 0 Å². The molecule has 2 aliphatic heterocycles. The predicted molar refractivity (Wildman–Crippen MR) is 91.2 cm³/mol. The van der Waals surface area contributed by atoms with Gasteiger partial charge in [0.05, 0.1) is 0 Å². The van der Waals surface area contributed by atoms with Gasteiger partial charge in [0, 0.05) is 38.3 Å². The van der Waals surface area contributed by atoms with Crippen molar-refractivity contribution in [2.45, 2.75) is 38.5 Å². The Kier molecular flexibility index (Phi) is 4.23. The molecule has 0 bridgehead atoms. The Labute approximate surface area is 138 Å². The summed E-state index contributed by atoms with van der Waals surface area (Å²) in [5.74, 6) is 3.29. The molecule has 1 amide bonds. The van der Waals surface area contributed by atoms with Crippen molar-refractivity contribution in [3.8, 4) is 0 Å². The number of hydrogen-bond donors (Lipinski definition) is 0. The number of amides is 1. The third-order valence-electron chi connectivity index (χ3n) is 6.11. The third-order valence-corrected chi connectivity index (χ3v) is 6.11. The van der Waals surface area contributed by atoms with Crippen molar-refractivity contribution in [1.29, 1.82) is 0 Å². The molecule has 2 saturated heterocycles. The summed E-state index contributed by atoms with van der Waals surface area (Å²) in [6.45, 7) is 3.97. The van der Waals surface area contributed by atoms with Crippen molar-refractivity contribution in [3.05, 3.63) is 24.4 Å². The lowest BCUT2D eigenvalue weighted by molar-refractivity contribution is -0.135. The summed E-state index contributed by atoms with van der Waals surface area (Å²) in [7, 11) is 0. The highest BCUT2D eigenvalue weighted by molar-refractivity contribution is 5.79. The summed E-state index contributed by atoms with van der Waals surface area (Å²) in [5, 5.41) is 0. The lowest BCUT2D eigenvalue weighted by atomic mass is 9.82. The maximum atomic E-state index is 12.9. The van der Waals surface area contributed by atoms with Crippen LogP contribution in [0.4, 0.5) is 5.82 Å². The summed E-state index contributed by atoms with van der Waals surface area (Å²) in [6.07, 6.45) is 9.21. The minimum absolute atomic E-state index is 0.232. The number of rotatable bonds is 2. The van der Waals surface area contributed by atoms with Crippen LogP contribution < -0.4 is 4.90 Å². The first-order valence-electron chi connectivity index (χ1n) is 9.26. The van der Waals surface area contributed by atoms with Crippen molar-refractivity contribution in [1.82, 2.24) is 9.88 Å². The minimum Gasteiger partial charge on any atom is -0.357 e. The van der Waals surface area contributed by atoms with Crippen molar-refractivity contribution in [2.24, 2.45) is 17.8 Å². The van der Waals surface area contributed by atoms with Crippen molar-refractivity contribution in [2.75, 3.05) is 31.1 Å². The topological polar surface area (TPSA) is 36.4 Å². The summed E-state index contributed by atoms with van der Waals surface area (Å²) in [6, 6.07) is 6.05.